The first-order chi connectivity index (χ1) is 12.5. The van der Waals surface area contributed by atoms with E-state index in [9.17, 15) is 13.2 Å². The average Bonchev–Trinajstić information content (AvgIpc) is 3.04. The molecule has 3 aromatic heterocycles. The predicted molar refractivity (Wildman–Crippen MR) is 91.3 cm³/mol. The number of nitrogens with zero attached hydrogens (tertiary/aromatic N) is 4. The summed E-state index contributed by atoms with van der Waals surface area (Å²) in [5, 5.41) is 4.33. The van der Waals surface area contributed by atoms with Gasteiger partial charge in [-0.1, -0.05) is 18.2 Å². The quantitative estimate of drug-likeness (QED) is 0.542. The molecular weight excluding hydrogens is 341 g/mol. The van der Waals surface area contributed by atoms with Gasteiger partial charge in [0.1, 0.15) is 5.52 Å². The highest BCUT2D eigenvalue weighted by Gasteiger charge is 2.30. The Balaban J connectivity index is 1.75. The van der Waals surface area contributed by atoms with Crippen molar-refractivity contribution < 1.29 is 13.2 Å². The summed E-state index contributed by atoms with van der Waals surface area (Å²) in [6.07, 6.45) is 2.26. The Kier molecular flexibility index (Phi) is 3.91. The van der Waals surface area contributed by atoms with E-state index in [0.717, 1.165) is 23.2 Å². The molecule has 7 heteroatoms. The van der Waals surface area contributed by atoms with E-state index < -0.39 is 11.7 Å². The highest BCUT2D eigenvalue weighted by molar-refractivity contribution is 5.80. The van der Waals surface area contributed by atoms with Gasteiger partial charge in [-0.15, -0.1) is 0 Å². The monoisotopic (exact) mass is 354 g/mol. The van der Waals surface area contributed by atoms with Crippen molar-refractivity contribution in [3.05, 3.63) is 78.4 Å². The van der Waals surface area contributed by atoms with Crippen LogP contribution in [0, 0.1) is 0 Å². The molecule has 0 fully saturated rings. The van der Waals surface area contributed by atoms with Gasteiger partial charge in [-0.25, -0.2) is 0 Å². The Morgan fingerprint density at radius 2 is 1.81 bits per heavy atom. The van der Waals surface area contributed by atoms with Crippen molar-refractivity contribution in [1.82, 2.24) is 19.7 Å². The lowest BCUT2D eigenvalue weighted by Crippen LogP contribution is -2.04. The summed E-state index contributed by atoms with van der Waals surface area (Å²) in [5.41, 5.74) is 2.80. The number of hydrogen-bond donors (Lipinski definition) is 0. The molecule has 0 saturated carbocycles. The van der Waals surface area contributed by atoms with Crippen LogP contribution in [0.3, 0.4) is 0 Å². The first kappa shape index (κ1) is 16.3. The second-order valence-corrected chi connectivity index (χ2v) is 5.87. The Morgan fingerprint density at radius 1 is 0.923 bits per heavy atom. The summed E-state index contributed by atoms with van der Waals surface area (Å²) >= 11 is 0. The van der Waals surface area contributed by atoms with E-state index in [1.807, 2.05) is 12.1 Å². The van der Waals surface area contributed by atoms with Gasteiger partial charge in [0.15, 0.2) is 0 Å². The molecule has 1 aromatic carbocycles. The molecule has 0 aliphatic heterocycles. The number of rotatable bonds is 3. The molecule has 0 saturated heterocycles. The summed E-state index contributed by atoms with van der Waals surface area (Å²) in [5.74, 6) is 0. The van der Waals surface area contributed by atoms with E-state index in [2.05, 4.69) is 15.1 Å². The van der Waals surface area contributed by atoms with E-state index in [1.165, 1.54) is 6.07 Å². The van der Waals surface area contributed by atoms with Gasteiger partial charge in [-0.3, -0.25) is 14.6 Å². The molecular formula is C19H13F3N4. The van der Waals surface area contributed by atoms with Gasteiger partial charge >= 0.3 is 6.18 Å². The van der Waals surface area contributed by atoms with Gasteiger partial charge in [-0.2, -0.15) is 18.3 Å². The number of fused-ring (bicyclic) bond motifs is 1. The third kappa shape index (κ3) is 3.15. The summed E-state index contributed by atoms with van der Waals surface area (Å²) in [4.78, 5) is 8.41. The van der Waals surface area contributed by atoms with Crippen molar-refractivity contribution in [3.8, 4) is 11.1 Å². The predicted octanol–water partition coefficient (Wildman–Crippen LogP) is 4.56. The Labute approximate surface area is 147 Å². The van der Waals surface area contributed by atoms with E-state index in [4.69, 9.17) is 0 Å². The van der Waals surface area contributed by atoms with Crippen molar-refractivity contribution in [1.29, 1.82) is 0 Å². The van der Waals surface area contributed by atoms with Crippen LogP contribution >= 0.6 is 0 Å². The first-order valence-corrected chi connectivity index (χ1v) is 7.89. The molecule has 0 aliphatic rings. The highest BCUT2D eigenvalue weighted by Crippen LogP contribution is 2.32. The second-order valence-electron chi connectivity index (χ2n) is 5.87. The Hall–Kier alpha value is -3.22. The zero-order valence-electron chi connectivity index (χ0n) is 13.5. The molecule has 26 heavy (non-hydrogen) atoms. The Bertz CT molecular complexity index is 1060. The van der Waals surface area contributed by atoms with Crippen LogP contribution in [0.1, 0.15) is 11.1 Å². The number of pyridine rings is 2. The van der Waals surface area contributed by atoms with Crippen molar-refractivity contribution in [2.24, 2.45) is 0 Å². The minimum absolute atomic E-state index is 0.461. The summed E-state index contributed by atoms with van der Waals surface area (Å²) in [6.45, 7) is 0.505. The van der Waals surface area contributed by atoms with Crippen LogP contribution in [0.2, 0.25) is 0 Å². The van der Waals surface area contributed by atoms with E-state index in [0.29, 0.717) is 23.2 Å². The van der Waals surface area contributed by atoms with Crippen LogP contribution in [-0.2, 0) is 12.7 Å². The van der Waals surface area contributed by atoms with Crippen LogP contribution in [0.25, 0.3) is 22.2 Å². The molecule has 4 aromatic rings. The molecule has 0 spiro atoms. The molecule has 0 amide bonds. The molecule has 0 unspecified atom stereocenters. The zero-order chi connectivity index (χ0) is 18.1. The summed E-state index contributed by atoms with van der Waals surface area (Å²) < 4.78 is 40.6. The topological polar surface area (TPSA) is 43.6 Å². The van der Waals surface area contributed by atoms with E-state index in [1.54, 1.807) is 41.6 Å². The standard InChI is InChI=1S/C19H13F3N4/c20-19(21,22)16-5-1-4-14(7-16)15-8-18-17(24-10-15)11-25-26(18)12-13-3-2-6-23-9-13/h1-11H,12H2. The third-order valence-corrected chi connectivity index (χ3v) is 4.07. The molecule has 0 radical (unpaired) electrons. The van der Waals surface area contributed by atoms with Crippen LogP contribution in [0.15, 0.2) is 67.3 Å². The molecule has 0 atom stereocenters. The molecule has 0 N–H and O–H groups in total. The van der Waals surface area contributed by atoms with Crippen molar-refractivity contribution in [2.45, 2.75) is 12.7 Å². The van der Waals surface area contributed by atoms with Crippen LogP contribution in [0.5, 0.6) is 0 Å². The van der Waals surface area contributed by atoms with Crippen LogP contribution in [-0.4, -0.2) is 19.7 Å². The largest absolute Gasteiger partial charge is 0.416 e. The third-order valence-electron chi connectivity index (χ3n) is 4.07. The highest BCUT2D eigenvalue weighted by atomic mass is 19.4. The first-order valence-electron chi connectivity index (χ1n) is 7.89. The molecule has 3 heterocycles. The lowest BCUT2D eigenvalue weighted by molar-refractivity contribution is -0.137. The smallest absolute Gasteiger partial charge is 0.264 e. The second kappa shape index (κ2) is 6.25. The SMILES string of the molecule is FC(F)(F)c1cccc(-c2cnc3cnn(Cc4cccnc4)c3c2)c1. The molecule has 130 valence electrons. The van der Waals surface area contributed by atoms with Gasteiger partial charge in [0.05, 0.1) is 23.8 Å². The van der Waals surface area contributed by atoms with Crippen molar-refractivity contribution in [2.75, 3.05) is 0 Å². The number of benzene rings is 1. The lowest BCUT2D eigenvalue weighted by Gasteiger charge is -2.09. The van der Waals surface area contributed by atoms with Crippen molar-refractivity contribution in [3.63, 3.8) is 0 Å². The number of alkyl halides is 3. The van der Waals surface area contributed by atoms with Crippen LogP contribution < -0.4 is 0 Å². The number of aromatic nitrogens is 4. The van der Waals surface area contributed by atoms with Crippen LogP contribution in [0.4, 0.5) is 13.2 Å². The normalized spacial score (nSPS) is 11.8. The molecule has 0 bridgehead atoms. The van der Waals surface area contributed by atoms with Crippen molar-refractivity contribution >= 4 is 11.0 Å². The van der Waals surface area contributed by atoms with Gasteiger partial charge in [0.2, 0.25) is 0 Å². The van der Waals surface area contributed by atoms with Gasteiger partial charge in [0, 0.05) is 24.2 Å². The van der Waals surface area contributed by atoms with Gasteiger partial charge in [-0.05, 0) is 35.4 Å². The maximum absolute atomic E-state index is 13.0. The fourth-order valence-corrected chi connectivity index (χ4v) is 2.78. The minimum atomic E-state index is -4.38. The maximum Gasteiger partial charge on any atom is 0.416 e. The molecule has 4 rings (SSSR count). The zero-order valence-corrected chi connectivity index (χ0v) is 13.5. The van der Waals surface area contributed by atoms with E-state index in [-0.39, 0.29) is 0 Å². The molecule has 4 nitrogen and oxygen atoms in total. The Morgan fingerprint density at radius 3 is 2.58 bits per heavy atom. The fourth-order valence-electron chi connectivity index (χ4n) is 2.78. The minimum Gasteiger partial charge on any atom is -0.264 e. The molecule has 0 aliphatic carbocycles. The summed E-state index contributed by atoms with van der Waals surface area (Å²) in [7, 11) is 0. The summed E-state index contributed by atoms with van der Waals surface area (Å²) in [6, 6.07) is 10.8. The average molecular weight is 354 g/mol. The lowest BCUT2D eigenvalue weighted by atomic mass is 10.0. The fraction of sp³-hybridized carbons (Fsp3) is 0.105. The van der Waals surface area contributed by atoms with E-state index >= 15 is 0 Å². The maximum atomic E-state index is 13.0. The number of hydrogen-bond acceptors (Lipinski definition) is 3. The van der Waals surface area contributed by atoms with Gasteiger partial charge < -0.3 is 0 Å². The number of halogens is 3. The van der Waals surface area contributed by atoms with Gasteiger partial charge in [0.25, 0.3) is 0 Å².